The second-order valence-electron chi connectivity index (χ2n) is 4.61. The average Bonchev–Trinajstić information content (AvgIpc) is 2.46. The lowest BCUT2D eigenvalue weighted by Gasteiger charge is -2.34. The highest BCUT2D eigenvalue weighted by atomic mass is 32.2. The van der Waals surface area contributed by atoms with E-state index in [1.807, 2.05) is 23.9 Å². The van der Waals surface area contributed by atoms with Crippen molar-refractivity contribution in [1.82, 2.24) is 0 Å². The lowest BCUT2D eigenvalue weighted by atomic mass is 10.2. The van der Waals surface area contributed by atoms with Crippen molar-refractivity contribution in [2.45, 2.75) is 18.6 Å². The van der Waals surface area contributed by atoms with Crippen LogP contribution in [0.5, 0.6) is 11.5 Å². The van der Waals surface area contributed by atoms with Gasteiger partial charge in [-0.15, -0.1) is 0 Å². The van der Waals surface area contributed by atoms with Crippen LogP contribution in [-0.2, 0) is 0 Å². The van der Waals surface area contributed by atoms with Gasteiger partial charge in [0.05, 0.1) is 25.6 Å². The number of nitrogen functional groups attached to an aromatic ring is 1. The Balaban J connectivity index is 2.28. The van der Waals surface area contributed by atoms with Crippen LogP contribution in [0.1, 0.15) is 13.3 Å². The van der Waals surface area contributed by atoms with Gasteiger partial charge in [0.2, 0.25) is 0 Å². The smallest absolute Gasteiger partial charge is 0.162 e. The van der Waals surface area contributed by atoms with Gasteiger partial charge in [-0.25, -0.2) is 0 Å². The number of nitrogens with two attached hydrogens (primary N) is 1. The van der Waals surface area contributed by atoms with E-state index in [1.54, 1.807) is 14.2 Å². The average molecular weight is 282 g/mol. The van der Waals surface area contributed by atoms with Crippen LogP contribution in [0.25, 0.3) is 0 Å². The molecule has 0 aromatic heterocycles. The Morgan fingerprint density at radius 1 is 1.32 bits per heavy atom. The largest absolute Gasteiger partial charge is 0.493 e. The van der Waals surface area contributed by atoms with Crippen molar-refractivity contribution >= 4 is 23.1 Å². The van der Waals surface area contributed by atoms with Gasteiger partial charge in [-0.05, 0) is 6.42 Å². The van der Waals surface area contributed by atoms with Crippen LogP contribution in [0.15, 0.2) is 12.1 Å². The summed E-state index contributed by atoms with van der Waals surface area (Å²) in [5.74, 6) is 2.56. The van der Waals surface area contributed by atoms with Crippen molar-refractivity contribution in [3.05, 3.63) is 12.1 Å². The van der Waals surface area contributed by atoms with Crippen molar-refractivity contribution in [1.29, 1.82) is 0 Å². The van der Waals surface area contributed by atoms with Crippen molar-refractivity contribution in [3.63, 3.8) is 0 Å². The van der Waals surface area contributed by atoms with Crippen molar-refractivity contribution in [2.75, 3.05) is 43.7 Å². The summed E-state index contributed by atoms with van der Waals surface area (Å²) in [6, 6.07) is 3.83. The number of thioether (sulfide) groups is 1. The van der Waals surface area contributed by atoms with Crippen molar-refractivity contribution in [3.8, 4) is 11.5 Å². The quantitative estimate of drug-likeness (QED) is 0.860. The highest BCUT2D eigenvalue weighted by Crippen LogP contribution is 2.38. The number of hydrogen-bond acceptors (Lipinski definition) is 5. The first-order valence-electron chi connectivity index (χ1n) is 6.57. The van der Waals surface area contributed by atoms with Gasteiger partial charge in [-0.3, -0.25) is 0 Å². The van der Waals surface area contributed by atoms with Gasteiger partial charge in [0.1, 0.15) is 0 Å². The number of benzene rings is 1. The molecule has 0 amide bonds. The molecule has 2 N–H and O–H groups in total. The van der Waals surface area contributed by atoms with Gasteiger partial charge in [-0.2, -0.15) is 11.8 Å². The summed E-state index contributed by atoms with van der Waals surface area (Å²) in [6.07, 6.45) is 1.19. The Kier molecular flexibility index (Phi) is 4.69. The van der Waals surface area contributed by atoms with E-state index in [2.05, 4.69) is 11.8 Å². The van der Waals surface area contributed by atoms with E-state index in [9.17, 15) is 0 Å². The summed E-state index contributed by atoms with van der Waals surface area (Å²) < 4.78 is 10.6. The molecule has 19 heavy (non-hydrogen) atoms. The summed E-state index contributed by atoms with van der Waals surface area (Å²) in [4.78, 5) is 2.35. The van der Waals surface area contributed by atoms with Crippen molar-refractivity contribution < 1.29 is 9.47 Å². The molecule has 2 rings (SSSR count). The molecule has 0 saturated carbocycles. The molecular formula is C14H22N2O2S. The molecule has 1 aromatic rings. The van der Waals surface area contributed by atoms with Crippen LogP contribution >= 0.6 is 11.8 Å². The number of nitrogens with zero attached hydrogens (tertiary/aromatic N) is 1. The molecule has 1 fully saturated rings. The molecule has 4 nitrogen and oxygen atoms in total. The summed E-state index contributed by atoms with van der Waals surface area (Å²) in [7, 11) is 3.28. The Morgan fingerprint density at radius 3 is 2.63 bits per heavy atom. The minimum atomic E-state index is 0.682. The molecule has 1 atom stereocenters. The summed E-state index contributed by atoms with van der Waals surface area (Å²) >= 11 is 2.05. The third kappa shape index (κ3) is 3.03. The molecule has 0 aliphatic carbocycles. The molecule has 1 aliphatic heterocycles. The van der Waals surface area contributed by atoms with Gasteiger partial charge in [0, 0.05) is 36.2 Å². The topological polar surface area (TPSA) is 47.7 Å². The Bertz CT molecular complexity index is 440. The van der Waals surface area contributed by atoms with E-state index < -0.39 is 0 Å². The highest BCUT2D eigenvalue weighted by Gasteiger charge is 2.22. The monoisotopic (exact) mass is 282 g/mol. The van der Waals surface area contributed by atoms with Crippen LogP contribution in [0.3, 0.4) is 0 Å². The maximum Gasteiger partial charge on any atom is 0.162 e. The Morgan fingerprint density at radius 2 is 2.00 bits per heavy atom. The molecule has 5 heteroatoms. The molecule has 1 aromatic carbocycles. The van der Waals surface area contributed by atoms with E-state index in [-0.39, 0.29) is 0 Å². The highest BCUT2D eigenvalue weighted by molar-refractivity contribution is 8.00. The number of rotatable bonds is 4. The maximum atomic E-state index is 6.15. The fourth-order valence-electron chi connectivity index (χ4n) is 2.34. The zero-order valence-corrected chi connectivity index (χ0v) is 12.6. The van der Waals surface area contributed by atoms with Gasteiger partial charge >= 0.3 is 0 Å². The zero-order valence-electron chi connectivity index (χ0n) is 11.8. The van der Waals surface area contributed by atoms with E-state index in [0.29, 0.717) is 11.0 Å². The number of hydrogen-bond donors (Lipinski definition) is 1. The molecular weight excluding hydrogens is 260 g/mol. The molecule has 1 aliphatic rings. The molecule has 106 valence electrons. The van der Waals surface area contributed by atoms with Gasteiger partial charge in [-0.1, -0.05) is 6.92 Å². The number of anilines is 2. The predicted octanol–water partition coefficient (Wildman–Crippen LogP) is 2.62. The fourth-order valence-corrected chi connectivity index (χ4v) is 3.52. The van der Waals surface area contributed by atoms with E-state index >= 15 is 0 Å². The van der Waals surface area contributed by atoms with E-state index in [1.165, 1.54) is 6.42 Å². The standard InChI is InChI=1S/C14H22N2O2S/c1-4-10-9-16(5-6-19-10)12-8-14(18-3)13(17-2)7-11(12)15/h7-8,10H,4-6,9,15H2,1-3H3. The minimum Gasteiger partial charge on any atom is -0.493 e. The molecule has 0 bridgehead atoms. The van der Waals surface area contributed by atoms with Crippen LogP contribution in [0, 0.1) is 0 Å². The third-order valence-electron chi connectivity index (χ3n) is 3.47. The first-order valence-corrected chi connectivity index (χ1v) is 7.62. The second-order valence-corrected chi connectivity index (χ2v) is 6.02. The van der Waals surface area contributed by atoms with Gasteiger partial charge in [0.15, 0.2) is 11.5 Å². The molecule has 1 unspecified atom stereocenters. The Hall–Kier alpha value is -1.23. The van der Waals surface area contributed by atoms with Crippen LogP contribution < -0.4 is 20.1 Å². The van der Waals surface area contributed by atoms with Crippen LogP contribution in [-0.4, -0.2) is 38.3 Å². The summed E-state index contributed by atoms with van der Waals surface area (Å²) in [6.45, 7) is 4.31. The predicted molar refractivity (Wildman–Crippen MR) is 82.7 cm³/mol. The molecule has 1 heterocycles. The van der Waals surface area contributed by atoms with Crippen LogP contribution in [0.2, 0.25) is 0 Å². The number of methoxy groups -OCH3 is 2. The normalized spacial score (nSPS) is 19.3. The maximum absolute atomic E-state index is 6.15. The SMILES string of the molecule is CCC1CN(c2cc(OC)c(OC)cc2N)CCS1. The summed E-state index contributed by atoms with van der Waals surface area (Å²) in [5.41, 5.74) is 7.96. The zero-order chi connectivity index (χ0) is 13.8. The van der Waals surface area contributed by atoms with E-state index in [0.717, 1.165) is 36.0 Å². The first-order chi connectivity index (χ1) is 9.19. The number of ether oxygens (including phenoxy) is 2. The third-order valence-corrected chi connectivity index (χ3v) is 4.84. The summed E-state index contributed by atoms with van der Waals surface area (Å²) in [5, 5.41) is 0.682. The first kappa shape index (κ1) is 14.2. The fraction of sp³-hybridized carbons (Fsp3) is 0.571. The lowest BCUT2D eigenvalue weighted by Crippen LogP contribution is -2.38. The van der Waals surface area contributed by atoms with Gasteiger partial charge < -0.3 is 20.1 Å². The lowest BCUT2D eigenvalue weighted by molar-refractivity contribution is 0.355. The van der Waals surface area contributed by atoms with Crippen LogP contribution in [0.4, 0.5) is 11.4 Å². The minimum absolute atomic E-state index is 0.682. The molecule has 0 spiro atoms. The van der Waals surface area contributed by atoms with E-state index in [4.69, 9.17) is 15.2 Å². The van der Waals surface area contributed by atoms with Crippen molar-refractivity contribution in [2.24, 2.45) is 0 Å². The van der Waals surface area contributed by atoms with Gasteiger partial charge in [0.25, 0.3) is 0 Å². The molecule has 0 radical (unpaired) electrons. The Labute approximate surface area is 119 Å². The second kappa shape index (κ2) is 6.28. The molecule has 1 saturated heterocycles.